The maximum Gasteiger partial charge on any atom is 0.119 e. The molecule has 0 aliphatic heterocycles. The highest BCUT2D eigenvalue weighted by Gasteiger charge is 2.11. The van der Waals surface area contributed by atoms with Crippen LogP contribution < -0.4 is 10.1 Å². The Bertz CT molecular complexity index is 537. The average Bonchev–Trinajstić information content (AvgIpc) is 2.48. The van der Waals surface area contributed by atoms with Crippen LogP contribution in [0.15, 0.2) is 48.8 Å². The lowest BCUT2D eigenvalue weighted by atomic mass is 10.1. The maximum absolute atomic E-state index is 5.67. The zero-order chi connectivity index (χ0) is 15.2. The van der Waals surface area contributed by atoms with Gasteiger partial charge in [0.15, 0.2) is 0 Å². The Morgan fingerprint density at radius 2 is 1.57 bits per heavy atom. The first-order valence-electron chi connectivity index (χ1n) is 7.49. The van der Waals surface area contributed by atoms with Crippen molar-refractivity contribution in [1.29, 1.82) is 0 Å². The van der Waals surface area contributed by atoms with Crippen molar-refractivity contribution in [2.45, 2.75) is 45.9 Å². The van der Waals surface area contributed by atoms with E-state index in [0.717, 1.165) is 5.75 Å². The number of nitrogens with zero attached hydrogens (tertiary/aromatic N) is 1. The summed E-state index contributed by atoms with van der Waals surface area (Å²) in [5, 5.41) is 3.59. The first kappa shape index (κ1) is 15.5. The molecule has 0 saturated carbocycles. The molecule has 1 aromatic heterocycles. The molecule has 0 saturated heterocycles. The van der Waals surface area contributed by atoms with E-state index in [1.54, 1.807) is 6.20 Å². The molecule has 112 valence electrons. The lowest BCUT2D eigenvalue weighted by Gasteiger charge is -2.21. The second kappa shape index (κ2) is 7.23. The number of hydrogen-bond donors (Lipinski definition) is 1. The van der Waals surface area contributed by atoms with Crippen molar-refractivity contribution in [2.24, 2.45) is 0 Å². The molecule has 3 heteroatoms. The first-order valence-corrected chi connectivity index (χ1v) is 7.49. The van der Waals surface area contributed by atoms with Crippen LogP contribution in [0.1, 0.15) is 50.9 Å². The fourth-order valence-corrected chi connectivity index (χ4v) is 2.31. The molecule has 21 heavy (non-hydrogen) atoms. The summed E-state index contributed by atoms with van der Waals surface area (Å²) in [5.74, 6) is 0.918. The highest BCUT2D eigenvalue weighted by Crippen LogP contribution is 2.21. The van der Waals surface area contributed by atoms with E-state index in [1.165, 1.54) is 11.1 Å². The molecule has 0 fully saturated rings. The van der Waals surface area contributed by atoms with Crippen molar-refractivity contribution in [1.82, 2.24) is 10.3 Å². The van der Waals surface area contributed by atoms with Crippen LogP contribution in [0.4, 0.5) is 0 Å². The smallest absolute Gasteiger partial charge is 0.119 e. The van der Waals surface area contributed by atoms with Gasteiger partial charge in [0.05, 0.1) is 6.10 Å². The summed E-state index contributed by atoms with van der Waals surface area (Å²) in [5.41, 5.74) is 2.45. The van der Waals surface area contributed by atoms with Gasteiger partial charge in [-0.1, -0.05) is 18.2 Å². The molecule has 2 atom stereocenters. The number of pyridine rings is 1. The van der Waals surface area contributed by atoms with Gasteiger partial charge in [-0.15, -0.1) is 0 Å². The van der Waals surface area contributed by atoms with Gasteiger partial charge >= 0.3 is 0 Å². The summed E-state index contributed by atoms with van der Waals surface area (Å²) < 4.78 is 5.67. The second-order valence-electron chi connectivity index (χ2n) is 5.63. The van der Waals surface area contributed by atoms with Crippen molar-refractivity contribution >= 4 is 0 Å². The zero-order valence-electron chi connectivity index (χ0n) is 13.2. The van der Waals surface area contributed by atoms with Crippen LogP contribution in [0.2, 0.25) is 0 Å². The molecule has 2 rings (SSSR count). The van der Waals surface area contributed by atoms with Gasteiger partial charge in [-0.05, 0) is 57.0 Å². The Kier molecular flexibility index (Phi) is 5.34. The van der Waals surface area contributed by atoms with E-state index < -0.39 is 0 Å². The molecule has 2 aromatic rings. The fraction of sp³-hybridized carbons (Fsp3) is 0.389. The SMILES string of the molecule is CC(C)Oc1ccc(C(C)N[C@@H](C)c2cccnc2)cc1. The van der Waals surface area contributed by atoms with E-state index >= 15 is 0 Å². The molecule has 0 aliphatic rings. The Hall–Kier alpha value is -1.87. The number of aromatic nitrogens is 1. The minimum atomic E-state index is 0.206. The second-order valence-corrected chi connectivity index (χ2v) is 5.63. The van der Waals surface area contributed by atoms with E-state index in [4.69, 9.17) is 4.74 Å². The standard InChI is InChI=1S/C18H24N2O/c1-13(2)21-18-9-7-16(8-10-18)14(3)20-15(4)17-6-5-11-19-12-17/h5-15,20H,1-4H3/t14?,15-/m0/s1. The third-order valence-electron chi connectivity index (χ3n) is 3.44. The molecule has 3 nitrogen and oxygen atoms in total. The zero-order valence-corrected chi connectivity index (χ0v) is 13.2. The first-order chi connectivity index (χ1) is 10.1. The predicted octanol–water partition coefficient (Wildman–Crippen LogP) is 4.28. The monoisotopic (exact) mass is 284 g/mol. The van der Waals surface area contributed by atoms with E-state index in [0.29, 0.717) is 0 Å². The topological polar surface area (TPSA) is 34.1 Å². The Morgan fingerprint density at radius 3 is 2.14 bits per heavy atom. The minimum Gasteiger partial charge on any atom is -0.491 e. The van der Waals surface area contributed by atoms with Crippen LogP contribution in [0.25, 0.3) is 0 Å². The number of hydrogen-bond acceptors (Lipinski definition) is 3. The molecule has 0 aliphatic carbocycles. The van der Waals surface area contributed by atoms with E-state index in [2.05, 4.69) is 42.3 Å². The normalized spacial score (nSPS) is 14.0. The van der Waals surface area contributed by atoms with E-state index in [1.807, 2.05) is 38.2 Å². The quantitative estimate of drug-likeness (QED) is 0.859. The van der Waals surface area contributed by atoms with Crippen molar-refractivity contribution in [2.75, 3.05) is 0 Å². The molecular weight excluding hydrogens is 260 g/mol. The molecule has 1 aromatic carbocycles. The number of ether oxygens (including phenoxy) is 1. The molecule has 0 spiro atoms. The molecule has 0 radical (unpaired) electrons. The summed E-state index contributed by atoms with van der Waals surface area (Å²) in [6, 6.07) is 12.9. The van der Waals surface area contributed by atoms with Crippen molar-refractivity contribution < 1.29 is 4.74 Å². The van der Waals surface area contributed by atoms with Gasteiger partial charge in [-0.2, -0.15) is 0 Å². The van der Waals surface area contributed by atoms with Crippen LogP contribution in [-0.2, 0) is 0 Å². The summed E-state index contributed by atoms with van der Waals surface area (Å²) in [6.07, 6.45) is 3.91. The van der Waals surface area contributed by atoms with Gasteiger partial charge in [0, 0.05) is 24.5 Å². The highest BCUT2D eigenvalue weighted by molar-refractivity contribution is 5.29. The van der Waals surface area contributed by atoms with E-state index in [-0.39, 0.29) is 18.2 Å². The summed E-state index contributed by atoms with van der Waals surface area (Å²) in [7, 11) is 0. The van der Waals surface area contributed by atoms with Crippen molar-refractivity contribution in [3.63, 3.8) is 0 Å². The van der Waals surface area contributed by atoms with Crippen LogP contribution in [0.5, 0.6) is 5.75 Å². The molecule has 0 amide bonds. The average molecular weight is 284 g/mol. The van der Waals surface area contributed by atoms with Gasteiger partial charge in [0.2, 0.25) is 0 Å². The predicted molar refractivity (Wildman–Crippen MR) is 86.4 cm³/mol. The Labute approximate surface area is 127 Å². The van der Waals surface area contributed by atoms with Crippen molar-refractivity contribution in [3.8, 4) is 5.75 Å². The van der Waals surface area contributed by atoms with Gasteiger partial charge in [0.25, 0.3) is 0 Å². The van der Waals surface area contributed by atoms with Crippen LogP contribution in [0.3, 0.4) is 0 Å². The minimum absolute atomic E-state index is 0.206. The highest BCUT2D eigenvalue weighted by atomic mass is 16.5. The number of rotatable bonds is 6. The number of nitrogens with one attached hydrogen (secondary N) is 1. The molecule has 1 unspecified atom stereocenters. The summed E-state index contributed by atoms with van der Waals surface area (Å²) >= 11 is 0. The Balaban J connectivity index is 1.98. The maximum atomic E-state index is 5.67. The van der Waals surface area contributed by atoms with Gasteiger partial charge < -0.3 is 10.1 Å². The van der Waals surface area contributed by atoms with E-state index in [9.17, 15) is 0 Å². The van der Waals surface area contributed by atoms with Crippen LogP contribution >= 0.6 is 0 Å². The summed E-state index contributed by atoms with van der Waals surface area (Å²) in [4.78, 5) is 4.17. The Morgan fingerprint density at radius 1 is 0.905 bits per heavy atom. The molecule has 1 N–H and O–H groups in total. The summed E-state index contributed by atoms with van der Waals surface area (Å²) in [6.45, 7) is 8.40. The lowest BCUT2D eigenvalue weighted by molar-refractivity contribution is 0.242. The lowest BCUT2D eigenvalue weighted by Crippen LogP contribution is -2.22. The van der Waals surface area contributed by atoms with Gasteiger partial charge in [-0.25, -0.2) is 0 Å². The largest absolute Gasteiger partial charge is 0.491 e. The van der Waals surface area contributed by atoms with Gasteiger partial charge in [-0.3, -0.25) is 4.98 Å². The fourth-order valence-electron chi connectivity index (χ4n) is 2.31. The number of benzene rings is 1. The third-order valence-corrected chi connectivity index (χ3v) is 3.44. The van der Waals surface area contributed by atoms with Crippen LogP contribution in [0, 0.1) is 0 Å². The molecule has 1 heterocycles. The third kappa shape index (κ3) is 4.57. The van der Waals surface area contributed by atoms with Crippen LogP contribution in [-0.4, -0.2) is 11.1 Å². The van der Waals surface area contributed by atoms with Crippen molar-refractivity contribution in [3.05, 3.63) is 59.9 Å². The molecular formula is C18H24N2O. The molecule has 0 bridgehead atoms. The van der Waals surface area contributed by atoms with Gasteiger partial charge in [0.1, 0.15) is 5.75 Å².